The van der Waals surface area contributed by atoms with Crippen molar-refractivity contribution in [1.29, 1.82) is 0 Å². The van der Waals surface area contributed by atoms with Gasteiger partial charge in [-0.25, -0.2) is 18.3 Å². The van der Waals surface area contributed by atoms with E-state index in [2.05, 4.69) is 10.4 Å². The summed E-state index contributed by atoms with van der Waals surface area (Å²) in [4.78, 5) is 37.2. The van der Waals surface area contributed by atoms with E-state index in [1.54, 1.807) is 24.3 Å². The number of hydrogen-bond acceptors (Lipinski definition) is 5. The Morgan fingerprint density at radius 2 is 1.80 bits per heavy atom. The highest BCUT2D eigenvalue weighted by Gasteiger charge is 2.19. The average molecular weight is 415 g/mol. The highest BCUT2D eigenvalue weighted by atomic mass is 19.2. The highest BCUT2D eigenvalue weighted by molar-refractivity contribution is 6.03. The minimum atomic E-state index is -1.12. The smallest absolute Gasteiger partial charge is 0.359 e. The number of carbonyl (C=O) groups is 2. The van der Waals surface area contributed by atoms with Gasteiger partial charge in [-0.15, -0.1) is 0 Å². The standard InChI is InChI=1S/C21H19F2N3O4/c1-12(2)10-26-20(28)15-6-4-3-5-14(15)19(25-26)21(29)30-11-18(27)24-13-7-8-16(22)17(23)9-13/h3-9,12H,10-11H2,1-2H3,(H,24,27). The van der Waals surface area contributed by atoms with Crippen LogP contribution in [-0.4, -0.2) is 28.3 Å². The lowest BCUT2D eigenvalue weighted by Gasteiger charge is -2.12. The van der Waals surface area contributed by atoms with Gasteiger partial charge >= 0.3 is 5.97 Å². The van der Waals surface area contributed by atoms with Gasteiger partial charge in [0.25, 0.3) is 11.5 Å². The zero-order valence-electron chi connectivity index (χ0n) is 16.3. The van der Waals surface area contributed by atoms with Gasteiger partial charge in [0, 0.05) is 23.7 Å². The van der Waals surface area contributed by atoms with Gasteiger partial charge in [0.15, 0.2) is 23.9 Å². The maximum Gasteiger partial charge on any atom is 0.359 e. The van der Waals surface area contributed by atoms with Crippen molar-refractivity contribution in [1.82, 2.24) is 9.78 Å². The van der Waals surface area contributed by atoms with Crippen LogP contribution in [-0.2, 0) is 16.1 Å². The molecule has 0 saturated carbocycles. The molecule has 1 N–H and O–H groups in total. The van der Waals surface area contributed by atoms with Crippen LogP contribution in [0.3, 0.4) is 0 Å². The van der Waals surface area contributed by atoms with Crippen LogP contribution in [0.15, 0.2) is 47.3 Å². The fourth-order valence-electron chi connectivity index (χ4n) is 2.83. The van der Waals surface area contributed by atoms with Crippen molar-refractivity contribution < 1.29 is 23.1 Å². The van der Waals surface area contributed by atoms with E-state index in [0.29, 0.717) is 17.3 Å². The number of esters is 1. The van der Waals surface area contributed by atoms with Crippen molar-refractivity contribution in [3.8, 4) is 0 Å². The Balaban J connectivity index is 1.79. The normalized spacial score (nSPS) is 11.0. The largest absolute Gasteiger partial charge is 0.451 e. The van der Waals surface area contributed by atoms with Gasteiger partial charge in [-0.1, -0.05) is 32.0 Å². The van der Waals surface area contributed by atoms with Crippen LogP contribution in [0.4, 0.5) is 14.5 Å². The molecule has 156 valence electrons. The number of hydrogen-bond donors (Lipinski definition) is 1. The van der Waals surface area contributed by atoms with E-state index >= 15 is 0 Å². The third kappa shape index (κ3) is 4.68. The molecule has 0 bridgehead atoms. The Hall–Kier alpha value is -3.62. The number of ether oxygens (including phenoxy) is 1. The van der Waals surface area contributed by atoms with Crippen LogP contribution < -0.4 is 10.9 Å². The molecule has 0 spiro atoms. The number of amides is 1. The number of nitrogens with one attached hydrogen (secondary N) is 1. The van der Waals surface area contributed by atoms with Crippen LogP contribution in [0.1, 0.15) is 24.3 Å². The molecule has 0 fully saturated rings. The molecule has 3 aromatic rings. The molecule has 0 radical (unpaired) electrons. The first-order chi connectivity index (χ1) is 14.3. The fraction of sp³-hybridized carbons (Fsp3) is 0.238. The summed E-state index contributed by atoms with van der Waals surface area (Å²) < 4.78 is 32.4. The Labute approximate surface area is 170 Å². The lowest BCUT2D eigenvalue weighted by atomic mass is 10.1. The molecular formula is C21H19F2N3O4. The molecule has 1 amide bonds. The maximum absolute atomic E-state index is 13.2. The van der Waals surface area contributed by atoms with E-state index in [1.807, 2.05) is 13.8 Å². The fourth-order valence-corrected chi connectivity index (χ4v) is 2.83. The van der Waals surface area contributed by atoms with Gasteiger partial charge in [0.2, 0.25) is 0 Å². The Bertz CT molecular complexity index is 1170. The van der Waals surface area contributed by atoms with Crippen LogP contribution in [0.25, 0.3) is 10.8 Å². The van der Waals surface area contributed by atoms with Crippen LogP contribution in [0, 0.1) is 17.6 Å². The second-order valence-electron chi connectivity index (χ2n) is 7.03. The van der Waals surface area contributed by atoms with Gasteiger partial charge in [-0.2, -0.15) is 5.10 Å². The topological polar surface area (TPSA) is 90.3 Å². The molecule has 2 aromatic carbocycles. The lowest BCUT2D eigenvalue weighted by molar-refractivity contribution is -0.119. The van der Waals surface area contributed by atoms with Crippen molar-refractivity contribution in [2.45, 2.75) is 20.4 Å². The SMILES string of the molecule is CC(C)Cn1nc(C(=O)OCC(=O)Nc2ccc(F)c(F)c2)c2ccccc2c1=O. The van der Waals surface area contributed by atoms with Crippen molar-refractivity contribution in [2.75, 3.05) is 11.9 Å². The quantitative estimate of drug-likeness (QED) is 0.625. The van der Waals surface area contributed by atoms with E-state index in [-0.39, 0.29) is 22.9 Å². The molecule has 3 rings (SSSR count). The molecule has 0 aliphatic rings. The van der Waals surface area contributed by atoms with Gasteiger partial charge in [0.05, 0.1) is 5.39 Å². The van der Waals surface area contributed by atoms with Gasteiger partial charge < -0.3 is 10.1 Å². The minimum absolute atomic E-state index is 0.0176. The molecule has 0 aliphatic heterocycles. The Kier molecular flexibility index (Phi) is 6.20. The number of benzene rings is 2. The first-order valence-corrected chi connectivity index (χ1v) is 9.18. The number of nitrogens with zero attached hydrogens (tertiary/aromatic N) is 2. The van der Waals surface area contributed by atoms with Crippen molar-refractivity contribution in [3.63, 3.8) is 0 Å². The predicted molar refractivity (Wildman–Crippen MR) is 106 cm³/mol. The van der Waals surface area contributed by atoms with Crippen LogP contribution >= 0.6 is 0 Å². The number of aromatic nitrogens is 2. The maximum atomic E-state index is 13.2. The summed E-state index contributed by atoms with van der Waals surface area (Å²) >= 11 is 0. The summed E-state index contributed by atoms with van der Waals surface area (Å²) in [6.07, 6.45) is 0. The molecule has 1 aromatic heterocycles. The third-order valence-corrected chi connectivity index (χ3v) is 4.14. The summed E-state index contributed by atoms with van der Waals surface area (Å²) in [5.41, 5.74) is -0.401. The molecule has 9 heteroatoms. The molecule has 0 aliphatic carbocycles. The first-order valence-electron chi connectivity index (χ1n) is 9.18. The number of carbonyl (C=O) groups excluding carboxylic acids is 2. The number of anilines is 1. The monoisotopic (exact) mass is 415 g/mol. The van der Waals surface area contributed by atoms with E-state index in [9.17, 15) is 23.2 Å². The Morgan fingerprint density at radius 1 is 1.10 bits per heavy atom. The molecule has 0 unspecified atom stereocenters. The second-order valence-corrected chi connectivity index (χ2v) is 7.03. The van der Waals surface area contributed by atoms with Gasteiger partial charge in [-0.3, -0.25) is 9.59 Å². The first kappa shape index (κ1) is 21.1. The molecule has 1 heterocycles. The van der Waals surface area contributed by atoms with Gasteiger partial charge in [0.1, 0.15) is 0 Å². The summed E-state index contributed by atoms with van der Waals surface area (Å²) in [6.45, 7) is 3.45. The second kappa shape index (κ2) is 8.81. The minimum Gasteiger partial charge on any atom is -0.451 e. The molecular weight excluding hydrogens is 396 g/mol. The number of halogens is 2. The predicted octanol–water partition coefficient (Wildman–Crippen LogP) is 3.13. The average Bonchev–Trinajstić information content (AvgIpc) is 2.71. The molecule has 0 saturated heterocycles. The van der Waals surface area contributed by atoms with Crippen molar-refractivity contribution in [3.05, 3.63) is 70.1 Å². The number of rotatable bonds is 6. The summed E-state index contributed by atoms with van der Waals surface area (Å²) in [5, 5.41) is 7.06. The van der Waals surface area contributed by atoms with Crippen molar-refractivity contribution >= 4 is 28.3 Å². The van der Waals surface area contributed by atoms with Crippen molar-refractivity contribution in [2.24, 2.45) is 5.92 Å². The van der Waals surface area contributed by atoms with Gasteiger partial charge in [-0.05, 0) is 24.1 Å². The third-order valence-electron chi connectivity index (χ3n) is 4.14. The van der Waals surface area contributed by atoms with E-state index in [1.165, 1.54) is 10.7 Å². The van der Waals surface area contributed by atoms with E-state index in [0.717, 1.165) is 12.1 Å². The van der Waals surface area contributed by atoms with Crippen LogP contribution in [0.5, 0.6) is 0 Å². The molecule has 30 heavy (non-hydrogen) atoms. The summed E-state index contributed by atoms with van der Waals surface area (Å²) in [7, 11) is 0. The molecule has 7 nitrogen and oxygen atoms in total. The highest BCUT2D eigenvalue weighted by Crippen LogP contribution is 2.16. The van der Waals surface area contributed by atoms with E-state index in [4.69, 9.17) is 4.74 Å². The Morgan fingerprint density at radius 3 is 2.47 bits per heavy atom. The summed E-state index contributed by atoms with van der Waals surface area (Å²) in [5.74, 6) is -3.68. The number of fused-ring (bicyclic) bond motifs is 1. The lowest BCUT2D eigenvalue weighted by Crippen LogP contribution is -2.29. The van der Waals surface area contributed by atoms with Crippen LogP contribution in [0.2, 0.25) is 0 Å². The zero-order valence-corrected chi connectivity index (χ0v) is 16.3. The van der Waals surface area contributed by atoms with E-state index < -0.39 is 30.1 Å². The zero-order chi connectivity index (χ0) is 21.8. The summed E-state index contributed by atoms with van der Waals surface area (Å²) in [6, 6.07) is 9.34. The molecule has 0 atom stereocenters.